The lowest BCUT2D eigenvalue weighted by molar-refractivity contribution is 0.770. The number of benzene rings is 5. The Balaban J connectivity index is 0.00000216. The first-order valence-corrected chi connectivity index (χ1v) is 10.8. The van der Waals surface area contributed by atoms with E-state index in [1.165, 1.54) is 44.5 Å². The van der Waals surface area contributed by atoms with E-state index in [4.69, 9.17) is 0 Å². The molecule has 6 rings (SSSR count). The maximum atomic E-state index is 2.31. The van der Waals surface area contributed by atoms with Gasteiger partial charge in [0.15, 0.2) is 0 Å². The summed E-state index contributed by atoms with van der Waals surface area (Å²) in [6, 6.07) is 48.4. The van der Waals surface area contributed by atoms with Gasteiger partial charge in [-0.15, -0.1) is 24.0 Å². The Morgan fingerprint density at radius 1 is 0.375 bits per heavy atom. The van der Waals surface area contributed by atoms with Crippen molar-refractivity contribution in [3.8, 4) is 22.3 Å². The van der Waals surface area contributed by atoms with Crippen LogP contribution >= 0.6 is 24.0 Å². The van der Waals surface area contributed by atoms with Crippen LogP contribution < -0.4 is 0 Å². The quantitative estimate of drug-likeness (QED) is 0.205. The van der Waals surface area contributed by atoms with Crippen molar-refractivity contribution in [1.29, 1.82) is 0 Å². The van der Waals surface area contributed by atoms with E-state index in [1.54, 1.807) is 0 Å². The molecule has 0 fully saturated rings. The molecule has 1 heteroatoms. The Kier molecular flexibility index (Phi) is 5.44. The molecular formula is C31H23I. The van der Waals surface area contributed by atoms with Crippen molar-refractivity contribution in [3.05, 3.63) is 156 Å². The van der Waals surface area contributed by atoms with Crippen molar-refractivity contribution in [2.75, 3.05) is 0 Å². The molecule has 1 aliphatic carbocycles. The van der Waals surface area contributed by atoms with Gasteiger partial charge in [-0.2, -0.15) is 0 Å². The molecule has 0 saturated heterocycles. The Morgan fingerprint density at radius 3 is 1.47 bits per heavy atom. The van der Waals surface area contributed by atoms with Crippen molar-refractivity contribution in [2.24, 2.45) is 0 Å². The predicted molar refractivity (Wildman–Crippen MR) is 145 cm³/mol. The van der Waals surface area contributed by atoms with Gasteiger partial charge < -0.3 is 0 Å². The number of rotatable bonds is 3. The third-order valence-corrected chi connectivity index (χ3v) is 6.56. The fourth-order valence-electron chi connectivity index (χ4n) is 5.36. The molecule has 0 radical (unpaired) electrons. The van der Waals surface area contributed by atoms with Gasteiger partial charge in [0.05, 0.1) is 5.41 Å². The molecule has 32 heavy (non-hydrogen) atoms. The zero-order chi connectivity index (χ0) is 20.7. The minimum Gasteiger partial charge on any atom is -0.107 e. The smallest absolute Gasteiger partial charge is 0.0719 e. The maximum Gasteiger partial charge on any atom is 0.0719 e. The zero-order valence-corrected chi connectivity index (χ0v) is 19.9. The third-order valence-electron chi connectivity index (χ3n) is 6.56. The molecule has 154 valence electrons. The molecule has 0 unspecified atom stereocenters. The molecule has 1 aliphatic rings. The highest BCUT2D eigenvalue weighted by Crippen LogP contribution is 2.58. The lowest BCUT2D eigenvalue weighted by atomic mass is 9.66. The van der Waals surface area contributed by atoms with Crippen LogP contribution in [-0.2, 0) is 5.41 Å². The second kappa shape index (κ2) is 8.40. The van der Waals surface area contributed by atoms with Crippen LogP contribution in [0.25, 0.3) is 22.3 Å². The number of hydrogen-bond acceptors (Lipinski definition) is 0. The third kappa shape index (κ3) is 2.96. The molecule has 0 aliphatic heterocycles. The summed E-state index contributed by atoms with van der Waals surface area (Å²) in [6.45, 7) is 0. The van der Waals surface area contributed by atoms with E-state index in [0.29, 0.717) is 0 Å². The van der Waals surface area contributed by atoms with E-state index < -0.39 is 0 Å². The van der Waals surface area contributed by atoms with Crippen molar-refractivity contribution < 1.29 is 0 Å². The monoisotopic (exact) mass is 522 g/mol. The first kappa shape index (κ1) is 20.7. The molecular weight excluding hydrogens is 499 g/mol. The highest BCUT2D eigenvalue weighted by atomic mass is 127. The second-order valence-electron chi connectivity index (χ2n) is 8.12. The van der Waals surface area contributed by atoms with E-state index in [0.717, 1.165) is 0 Å². The van der Waals surface area contributed by atoms with Gasteiger partial charge in [0, 0.05) is 0 Å². The first-order chi connectivity index (χ1) is 15.4. The van der Waals surface area contributed by atoms with Crippen molar-refractivity contribution in [2.45, 2.75) is 5.41 Å². The number of hydrogen-bond donors (Lipinski definition) is 0. The standard InChI is InChI=1S/C31H22.HI/c1-4-13-23(14-5-1)26-20-12-21-28-27-19-10-11-22-29(27)31(30(26)28,24-15-6-2-7-16-24)25-17-8-3-9-18-25;/h1-22H;1H. The fraction of sp³-hybridized carbons (Fsp3) is 0.0323. The molecule has 0 atom stereocenters. The van der Waals surface area contributed by atoms with Crippen molar-refractivity contribution in [1.82, 2.24) is 0 Å². The molecule has 5 aromatic carbocycles. The predicted octanol–water partition coefficient (Wildman–Crippen LogP) is 8.33. The van der Waals surface area contributed by atoms with Crippen molar-refractivity contribution in [3.63, 3.8) is 0 Å². The summed E-state index contributed by atoms with van der Waals surface area (Å²) in [4.78, 5) is 0. The normalized spacial score (nSPS) is 13.0. The highest BCUT2D eigenvalue weighted by Gasteiger charge is 2.47. The summed E-state index contributed by atoms with van der Waals surface area (Å²) in [5.41, 5.74) is 10.2. The van der Waals surface area contributed by atoms with Crippen LogP contribution in [0.2, 0.25) is 0 Å². The van der Waals surface area contributed by atoms with Crippen LogP contribution in [0.4, 0.5) is 0 Å². The fourth-order valence-corrected chi connectivity index (χ4v) is 5.36. The van der Waals surface area contributed by atoms with Gasteiger partial charge in [-0.25, -0.2) is 0 Å². The largest absolute Gasteiger partial charge is 0.107 e. The summed E-state index contributed by atoms with van der Waals surface area (Å²) in [6.07, 6.45) is 0. The topological polar surface area (TPSA) is 0 Å². The lowest BCUT2D eigenvalue weighted by Gasteiger charge is -2.35. The highest BCUT2D eigenvalue weighted by molar-refractivity contribution is 14.0. The first-order valence-electron chi connectivity index (χ1n) is 10.8. The van der Waals surface area contributed by atoms with E-state index in [2.05, 4.69) is 133 Å². The minimum absolute atomic E-state index is 0. The van der Waals surface area contributed by atoms with Crippen LogP contribution in [-0.4, -0.2) is 0 Å². The Labute approximate surface area is 206 Å². The summed E-state index contributed by atoms with van der Waals surface area (Å²) in [5, 5.41) is 0. The molecule has 5 aromatic rings. The average Bonchev–Trinajstić information content (AvgIpc) is 3.17. The zero-order valence-electron chi connectivity index (χ0n) is 17.6. The van der Waals surface area contributed by atoms with Gasteiger partial charge >= 0.3 is 0 Å². The SMILES string of the molecule is I.c1ccc(-c2cccc3c2C(c2ccccc2)(c2ccccc2)c2ccccc2-3)cc1. The molecule has 0 saturated carbocycles. The van der Waals surface area contributed by atoms with Gasteiger partial charge in [-0.3, -0.25) is 0 Å². The second-order valence-corrected chi connectivity index (χ2v) is 8.12. The Hall–Kier alpha value is -3.17. The van der Waals surface area contributed by atoms with Crippen LogP contribution in [0, 0.1) is 0 Å². The summed E-state index contributed by atoms with van der Waals surface area (Å²) < 4.78 is 0. The Bertz CT molecular complexity index is 1320. The average molecular weight is 522 g/mol. The van der Waals surface area contributed by atoms with Crippen LogP contribution in [0.1, 0.15) is 22.3 Å². The molecule has 0 bridgehead atoms. The van der Waals surface area contributed by atoms with Crippen molar-refractivity contribution >= 4 is 24.0 Å². The van der Waals surface area contributed by atoms with Crippen LogP contribution in [0.3, 0.4) is 0 Å². The molecule has 0 spiro atoms. The summed E-state index contributed by atoms with van der Waals surface area (Å²) in [7, 11) is 0. The van der Waals surface area contributed by atoms with E-state index in [9.17, 15) is 0 Å². The lowest BCUT2D eigenvalue weighted by Crippen LogP contribution is -2.29. The molecule has 0 heterocycles. The molecule has 0 nitrogen and oxygen atoms in total. The number of fused-ring (bicyclic) bond motifs is 3. The summed E-state index contributed by atoms with van der Waals surface area (Å²) >= 11 is 0. The van der Waals surface area contributed by atoms with Crippen LogP contribution in [0.5, 0.6) is 0 Å². The van der Waals surface area contributed by atoms with Crippen LogP contribution in [0.15, 0.2) is 133 Å². The maximum absolute atomic E-state index is 2.31. The van der Waals surface area contributed by atoms with E-state index >= 15 is 0 Å². The summed E-state index contributed by atoms with van der Waals surface area (Å²) in [5.74, 6) is 0. The Morgan fingerprint density at radius 2 is 0.844 bits per heavy atom. The molecule has 0 N–H and O–H groups in total. The molecule has 0 amide bonds. The number of halogens is 1. The van der Waals surface area contributed by atoms with E-state index in [1.807, 2.05) is 0 Å². The van der Waals surface area contributed by atoms with Gasteiger partial charge in [0.25, 0.3) is 0 Å². The minimum atomic E-state index is -0.360. The molecule has 0 aromatic heterocycles. The van der Waals surface area contributed by atoms with E-state index in [-0.39, 0.29) is 29.4 Å². The van der Waals surface area contributed by atoms with Gasteiger partial charge in [-0.05, 0) is 44.5 Å². The van der Waals surface area contributed by atoms with Gasteiger partial charge in [-0.1, -0.05) is 133 Å². The van der Waals surface area contributed by atoms with Gasteiger partial charge in [0.1, 0.15) is 0 Å². The van der Waals surface area contributed by atoms with Gasteiger partial charge in [0.2, 0.25) is 0 Å².